The van der Waals surface area contributed by atoms with Gasteiger partial charge < -0.3 is 14.5 Å². The quantitative estimate of drug-likeness (QED) is 0.861. The van der Waals surface area contributed by atoms with E-state index in [4.69, 9.17) is 9.15 Å². The van der Waals surface area contributed by atoms with Gasteiger partial charge in [-0.2, -0.15) is 0 Å². The molecule has 0 aliphatic carbocycles. The molecule has 0 amide bonds. The molecule has 3 heteroatoms. The fourth-order valence-corrected chi connectivity index (χ4v) is 2.16. The Morgan fingerprint density at radius 1 is 1.14 bits per heavy atom. The predicted octanol–water partition coefficient (Wildman–Crippen LogP) is 4.28. The summed E-state index contributed by atoms with van der Waals surface area (Å²) in [6, 6.07) is 8.78. The van der Waals surface area contributed by atoms with Crippen LogP contribution in [0.1, 0.15) is 42.1 Å². The first kappa shape index (κ1) is 15.6. The molecule has 0 atom stereocenters. The number of hydrogen-bond donors (Lipinski definition) is 1. The van der Waals surface area contributed by atoms with Gasteiger partial charge in [0.2, 0.25) is 0 Å². The van der Waals surface area contributed by atoms with Gasteiger partial charge in [0.1, 0.15) is 23.9 Å². The second-order valence-electron chi connectivity index (χ2n) is 5.89. The summed E-state index contributed by atoms with van der Waals surface area (Å²) in [7, 11) is 0. The number of aryl methyl sites for hydroxylation is 3. The van der Waals surface area contributed by atoms with E-state index in [1.165, 1.54) is 11.1 Å². The van der Waals surface area contributed by atoms with E-state index < -0.39 is 0 Å². The van der Waals surface area contributed by atoms with Gasteiger partial charge in [-0.15, -0.1) is 0 Å². The van der Waals surface area contributed by atoms with Crippen LogP contribution in [0.15, 0.2) is 28.7 Å². The summed E-state index contributed by atoms with van der Waals surface area (Å²) < 4.78 is 11.7. The number of furan rings is 1. The maximum Gasteiger partial charge on any atom is 0.146 e. The zero-order valence-corrected chi connectivity index (χ0v) is 13.6. The lowest BCUT2D eigenvalue weighted by Gasteiger charge is -2.08. The maximum absolute atomic E-state index is 5.88. The van der Waals surface area contributed by atoms with Crippen LogP contribution in [0, 0.1) is 20.8 Å². The average molecular weight is 287 g/mol. The van der Waals surface area contributed by atoms with E-state index >= 15 is 0 Å². The van der Waals surface area contributed by atoms with Crippen molar-refractivity contribution in [3.8, 4) is 5.75 Å². The van der Waals surface area contributed by atoms with E-state index in [9.17, 15) is 0 Å². The summed E-state index contributed by atoms with van der Waals surface area (Å²) in [4.78, 5) is 0. The van der Waals surface area contributed by atoms with Crippen LogP contribution in [-0.4, -0.2) is 6.04 Å². The van der Waals surface area contributed by atoms with Crippen molar-refractivity contribution in [1.29, 1.82) is 0 Å². The van der Waals surface area contributed by atoms with Crippen molar-refractivity contribution in [1.82, 2.24) is 5.32 Å². The normalized spacial score (nSPS) is 11.1. The largest absolute Gasteiger partial charge is 0.485 e. The molecule has 0 saturated carbocycles. The molecule has 1 heterocycles. The Labute approximate surface area is 127 Å². The van der Waals surface area contributed by atoms with Gasteiger partial charge in [-0.25, -0.2) is 0 Å². The van der Waals surface area contributed by atoms with Gasteiger partial charge in [0.05, 0.1) is 0 Å². The average Bonchev–Trinajstić information content (AvgIpc) is 2.78. The van der Waals surface area contributed by atoms with Gasteiger partial charge in [0.15, 0.2) is 0 Å². The molecule has 114 valence electrons. The number of benzene rings is 1. The van der Waals surface area contributed by atoms with Crippen molar-refractivity contribution >= 4 is 0 Å². The van der Waals surface area contributed by atoms with Crippen LogP contribution in [0.2, 0.25) is 0 Å². The van der Waals surface area contributed by atoms with Crippen molar-refractivity contribution in [2.45, 2.75) is 53.8 Å². The van der Waals surface area contributed by atoms with Crippen molar-refractivity contribution in [3.05, 3.63) is 52.5 Å². The fraction of sp³-hybridized carbons (Fsp3) is 0.444. The van der Waals surface area contributed by atoms with Crippen LogP contribution in [0.4, 0.5) is 0 Å². The first-order valence-corrected chi connectivity index (χ1v) is 7.47. The standard InChI is InChI=1S/C18H25NO2/c1-12(2)19-10-16-9-17(21-15(16)5)11-20-18-8-13(3)6-7-14(18)4/h6-9,12,19H,10-11H2,1-5H3. The Bertz CT molecular complexity index is 599. The number of nitrogens with one attached hydrogen (secondary N) is 1. The minimum atomic E-state index is 0.465. The Morgan fingerprint density at radius 3 is 2.62 bits per heavy atom. The molecule has 1 N–H and O–H groups in total. The van der Waals surface area contributed by atoms with E-state index in [2.05, 4.69) is 57.3 Å². The molecule has 0 saturated heterocycles. The summed E-state index contributed by atoms with van der Waals surface area (Å²) in [5.41, 5.74) is 3.54. The zero-order chi connectivity index (χ0) is 15.4. The van der Waals surface area contributed by atoms with Gasteiger partial charge in [0, 0.05) is 18.2 Å². The van der Waals surface area contributed by atoms with E-state index in [0.717, 1.165) is 29.4 Å². The Hall–Kier alpha value is -1.74. The van der Waals surface area contributed by atoms with E-state index in [0.29, 0.717) is 12.6 Å². The predicted molar refractivity (Wildman–Crippen MR) is 85.7 cm³/mol. The summed E-state index contributed by atoms with van der Waals surface area (Å²) in [5, 5.41) is 3.41. The molecule has 1 aromatic carbocycles. The zero-order valence-electron chi connectivity index (χ0n) is 13.6. The van der Waals surface area contributed by atoms with Gasteiger partial charge in [-0.1, -0.05) is 26.0 Å². The topological polar surface area (TPSA) is 34.4 Å². The molecule has 1 aromatic heterocycles. The first-order chi connectivity index (χ1) is 9.95. The van der Waals surface area contributed by atoms with Crippen LogP contribution >= 0.6 is 0 Å². The molecule has 0 fully saturated rings. The van der Waals surface area contributed by atoms with Gasteiger partial charge >= 0.3 is 0 Å². The third kappa shape index (κ3) is 4.36. The van der Waals surface area contributed by atoms with Crippen molar-refractivity contribution in [2.24, 2.45) is 0 Å². The van der Waals surface area contributed by atoms with Crippen molar-refractivity contribution < 1.29 is 9.15 Å². The van der Waals surface area contributed by atoms with Gasteiger partial charge in [0.25, 0.3) is 0 Å². The molecule has 0 radical (unpaired) electrons. The van der Waals surface area contributed by atoms with Crippen LogP contribution in [0.25, 0.3) is 0 Å². The van der Waals surface area contributed by atoms with Crippen molar-refractivity contribution in [3.63, 3.8) is 0 Å². The first-order valence-electron chi connectivity index (χ1n) is 7.47. The minimum Gasteiger partial charge on any atom is -0.485 e. The lowest BCUT2D eigenvalue weighted by atomic mass is 10.1. The Balaban J connectivity index is 2.00. The SMILES string of the molecule is Cc1ccc(C)c(OCc2cc(CNC(C)C)c(C)o2)c1. The monoisotopic (exact) mass is 287 g/mol. The second kappa shape index (κ2) is 6.81. The summed E-state index contributed by atoms with van der Waals surface area (Å²) in [5.74, 6) is 2.75. The highest BCUT2D eigenvalue weighted by molar-refractivity contribution is 5.36. The minimum absolute atomic E-state index is 0.465. The molecule has 0 aliphatic heterocycles. The van der Waals surface area contributed by atoms with Gasteiger partial charge in [-0.05, 0) is 44.0 Å². The Morgan fingerprint density at radius 2 is 1.90 bits per heavy atom. The van der Waals surface area contributed by atoms with Gasteiger partial charge in [-0.3, -0.25) is 0 Å². The molecule has 0 aliphatic rings. The Kier molecular flexibility index (Phi) is 5.07. The lowest BCUT2D eigenvalue weighted by molar-refractivity contribution is 0.266. The van der Waals surface area contributed by atoms with Crippen LogP contribution in [0.3, 0.4) is 0 Å². The molecule has 0 spiro atoms. The lowest BCUT2D eigenvalue weighted by Crippen LogP contribution is -2.21. The smallest absolute Gasteiger partial charge is 0.146 e. The van der Waals surface area contributed by atoms with E-state index in [1.54, 1.807) is 0 Å². The molecular weight excluding hydrogens is 262 g/mol. The van der Waals surface area contributed by atoms with Crippen LogP contribution in [-0.2, 0) is 13.2 Å². The highest BCUT2D eigenvalue weighted by atomic mass is 16.5. The molecule has 2 aromatic rings. The summed E-state index contributed by atoms with van der Waals surface area (Å²) >= 11 is 0. The maximum atomic E-state index is 5.88. The third-order valence-electron chi connectivity index (χ3n) is 3.49. The molecule has 0 bridgehead atoms. The number of hydrogen-bond acceptors (Lipinski definition) is 3. The second-order valence-corrected chi connectivity index (χ2v) is 5.89. The molecule has 21 heavy (non-hydrogen) atoms. The fourth-order valence-electron chi connectivity index (χ4n) is 2.16. The van der Waals surface area contributed by atoms with Crippen LogP contribution in [0.5, 0.6) is 5.75 Å². The third-order valence-corrected chi connectivity index (χ3v) is 3.49. The van der Waals surface area contributed by atoms with E-state index in [-0.39, 0.29) is 0 Å². The highest BCUT2D eigenvalue weighted by Crippen LogP contribution is 2.22. The molecule has 2 rings (SSSR count). The summed E-state index contributed by atoms with van der Waals surface area (Å²) in [6.45, 7) is 11.7. The van der Waals surface area contributed by atoms with Crippen LogP contribution < -0.4 is 10.1 Å². The molecular formula is C18H25NO2. The highest BCUT2D eigenvalue weighted by Gasteiger charge is 2.09. The number of rotatable bonds is 6. The van der Waals surface area contributed by atoms with Crippen molar-refractivity contribution in [2.75, 3.05) is 0 Å². The molecule has 3 nitrogen and oxygen atoms in total. The summed E-state index contributed by atoms with van der Waals surface area (Å²) in [6.07, 6.45) is 0. The number of ether oxygens (including phenoxy) is 1. The van der Waals surface area contributed by atoms with E-state index in [1.807, 2.05) is 6.92 Å². The molecule has 0 unspecified atom stereocenters.